The minimum absolute atomic E-state index is 0.0579. The van der Waals surface area contributed by atoms with E-state index in [9.17, 15) is 23.1 Å². The quantitative estimate of drug-likeness (QED) is 0.344. The summed E-state index contributed by atoms with van der Waals surface area (Å²) in [5.41, 5.74) is 4.84. The van der Waals surface area contributed by atoms with Gasteiger partial charge in [0.2, 0.25) is 9.84 Å². The Labute approximate surface area is 222 Å². The third-order valence-electron chi connectivity index (χ3n) is 6.50. The van der Waals surface area contributed by atoms with Crippen molar-refractivity contribution in [2.24, 2.45) is 11.1 Å². The average Bonchev–Trinajstić information content (AvgIpc) is 2.85. The molecule has 0 aliphatic rings. The highest BCUT2D eigenvalue weighted by Crippen LogP contribution is 2.46. The molecule has 1 unspecified atom stereocenters. The van der Waals surface area contributed by atoms with E-state index in [-0.39, 0.29) is 22.8 Å². The Kier molecular flexibility index (Phi) is 8.47. The number of halogens is 1. The molecule has 9 heteroatoms. The van der Waals surface area contributed by atoms with Crippen molar-refractivity contribution < 1.29 is 27.9 Å². The van der Waals surface area contributed by atoms with Gasteiger partial charge in [-0.2, -0.15) is 0 Å². The Morgan fingerprint density at radius 1 is 1.03 bits per heavy atom. The summed E-state index contributed by atoms with van der Waals surface area (Å²) >= 11 is 6.21. The Morgan fingerprint density at radius 3 is 2.08 bits per heavy atom. The second kappa shape index (κ2) is 11.0. The van der Waals surface area contributed by atoms with Crippen LogP contribution in [0, 0.1) is 5.41 Å². The van der Waals surface area contributed by atoms with Crippen LogP contribution >= 0.6 is 11.6 Å². The van der Waals surface area contributed by atoms with E-state index < -0.39 is 32.9 Å². The zero-order chi connectivity index (χ0) is 27.4. The van der Waals surface area contributed by atoms with E-state index in [1.165, 1.54) is 36.4 Å². The van der Waals surface area contributed by atoms with E-state index in [0.717, 1.165) is 0 Å². The molecule has 0 aliphatic carbocycles. The second-order valence-electron chi connectivity index (χ2n) is 9.91. The highest BCUT2D eigenvalue weighted by Gasteiger charge is 2.44. The molecule has 0 heterocycles. The maximum atomic E-state index is 13.1. The molecule has 1 amide bonds. The van der Waals surface area contributed by atoms with Crippen molar-refractivity contribution in [2.45, 2.75) is 48.5 Å². The number of aliphatic hydroxyl groups is 1. The number of rotatable bonds is 9. The number of carbonyl (C=O) groups excluding carboxylic acids is 2. The number of aldehydes is 1. The van der Waals surface area contributed by atoms with Gasteiger partial charge in [0, 0.05) is 16.5 Å². The molecule has 0 fully saturated rings. The molecule has 0 aromatic heterocycles. The molecule has 0 saturated heterocycles. The molecule has 0 aliphatic heterocycles. The largest absolute Gasteiger partial charge is 0.449 e. The number of nitrogens with two attached hydrogens (primary N) is 1. The summed E-state index contributed by atoms with van der Waals surface area (Å²) < 4.78 is 31.3. The fraction of sp³-hybridized carbons (Fsp3) is 0.286. The Balaban J connectivity index is 1.99. The van der Waals surface area contributed by atoms with Crippen molar-refractivity contribution >= 4 is 33.8 Å². The van der Waals surface area contributed by atoms with Crippen LogP contribution in [0.5, 0.6) is 0 Å². The molecule has 2 atom stereocenters. The van der Waals surface area contributed by atoms with E-state index >= 15 is 0 Å². The molecule has 0 spiro atoms. The molecule has 0 saturated carbocycles. The lowest BCUT2D eigenvalue weighted by Crippen LogP contribution is -2.42. The number of primary amides is 1. The fourth-order valence-electron chi connectivity index (χ4n) is 4.20. The first-order valence-corrected chi connectivity index (χ1v) is 13.4. The van der Waals surface area contributed by atoms with Crippen LogP contribution in [-0.2, 0) is 20.2 Å². The molecule has 3 N–H and O–H groups in total. The van der Waals surface area contributed by atoms with Gasteiger partial charge < -0.3 is 15.6 Å². The average molecular weight is 544 g/mol. The van der Waals surface area contributed by atoms with Crippen molar-refractivity contribution in [3.05, 3.63) is 94.5 Å². The highest BCUT2D eigenvalue weighted by atomic mass is 35.5. The molecule has 7 nitrogen and oxygen atoms in total. The lowest BCUT2D eigenvalue weighted by molar-refractivity contribution is -0.0794. The van der Waals surface area contributed by atoms with E-state index in [2.05, 4.69) is 0 Å². The van der Waals surface area contributed by atoms with Crippen LogP contribution in [0.3, 0.4) is 0 Å². The number of hydrogen-bond donors (Lipinski definition) is 2. The van der Waals surface area contributed by atoms with Crippen LogP contribution in [0.1, 0.15) is 54.6 Å². The SMILES string of the molecule is CC(C)(C)[C@](O)(CC(COC(N)=O)c1ccc(S(=O)(=O)c2ccc(C=O)cc2)cc1)c1cccc(Cl)c1. The van der Waals surface area contributed by atoms with Crippen molar-refractivity contribution in [1.82, 2.24) is 0 Å². The summed E-state index contributed by atoms with van der Waals surface area (Å²) in [5, 5.41) is 12.4. The predicted octanol–water partition coefficient (Wildman–Crippen LogP) is 5.49. The molecule has 0 bridgehead atoms. The number of sulfone groups is 1. The van der Waals surface area contributed by atoms with E-state index in [0.29, 0.717) is 28.0 Å². The number of benzene rings is 3. The molecule has 0 radical (unpaired) electrons. The van der Waals surface area contributed by atoms with Gasteiger partial charge in [-0.3, -0.25) is 4.79 Å². The van der Waals surface area contributed by atoms with Gasteiger partial charge in [-0.1, -0.05) is 68.8 Å². The maximum Gasteiger partial charge on any atom is 0.404 e. The Hall–Kier alpha value is -3.20. The summed E-state index contributed by atoms with van der Waals surface area (Å²) in [5.74, 6) is -0.515. The van der Waals surface area contributed by atoms with E-state index in [1.54, 1.807) is 36.4 Å². The van der Waals surface area contributed by atoms with Gasteiger partial charge in [-0.15, -0.1) is 0 Å². The zero-order valence-electron chi connectivity index (χ0n) is 20.8. The molecule has 196 valence electrons. The molecule has 37 heavy (non-hydrogen) atoms. The summed E-state index contributed by atoms with van der Waals surface area (Å²) in [7, 11) is -3.82. The first kappa shape index (κ1) is 28.4. The summed E-state index contributed by atoms with van der Waals surface area (Å²) in [6.45, 7) is 5.57. The van der Waals surface area contributed by atoms with Crippen molar-refractivity contribution in [2.75, 3.05) is 6.61 Å². The van der Waals surface area contributed by atoms with E-state index in [4.69, 9.17) is 22.1 Å². The topological polar surface area (TPSA) is 124 Å². The van der Waals surface area contributed by atoms with E-state index in [1.807, 2.05) is 20.8 Å². The number of carbonyl (C=O) groups is 2. The normalized spacial score (nSPS) is 14.4. The minimum Gasteiger partial charge on any atom is -0.449 e. The summed E-state index contributed by atoms with van der Waals surface area (Å²) in [4.78, 5) is 22.4. The number of ether oxygens (including phenoxy) is 1. The third-order valence-corrected chi connectivity index (χ3v) is 8.52. The smallest absolute Gasteiger partial charge is 0.404 e. The van der Waals surface area contributed by atoms with Gasteiger partial charge in [0.05, 0.1) is 15.4 Å². The summed E-state index contributed by atoms with van der Waals surface area (Å²) in [6, 6.07) is 18.8. The number of amides is 1. The van der Waals surface area contributed by atoms with Gasteiger partial charge >= 0.3 is 6.09 Å². The van der Waals surface area contributed by atoms with Crippen molar-refractivity contribution in [3.63, 3.8) is 0 Å². The minimum atomic E-state index is -3.82. The lowest BCUT2D eigenvalue weighted by atomic mass is 9.67. The molecular weight excluding hydrogens is 514 g/mol. The van der Waals surface area contributed by atoms with Gasteiger partial charge in [-0.25, -0.2) is 13.2 Å². The van der Waals surface area contributed by atoms with Crippen LogP contribution in [0.4, 0.5) is 4.79 Å². The van der Waals surface area contributed by atoms with Gasteiger partial charge in [0.25, 0.3) is 0 Å². The van der Waals surface area contributed by atoms with Crippen LogP contribution in [-0.4, -0.2) is 32.5 Å². The van der Waals surface area contributed by atoms with Crippen molar-refractivity contribution in [1.29, 1.82) is 0 Å². The number of hydrogen-bond acceptors (Lipinski definition) is 6. The maximum absolute atomic E-state index is 13.1. The standard InChI is InChI=1S/C28H30ClNO6S/c1-27(2,3)28(33,22-5-4-6-23(29)15-22)16-21(18-36-26(30)32)20-9-13-25(14-10-20)37(34,35)24-11-7-19(17-31)8-12-24/h4-15,17,21,33H,16,18H2,1-3H3,(H2,30,32)/t21?,28-/m0/s1. The second-order valence-corrected chi connectivity index (χ2v) is 12.3. The van der Waals surface area contributed by atoms with Crippen LogP contribution in [0.2, 0.25) is 5.02 Å². The van der Waals surface area contributed by atoms with Crippen molar-refractivity contribution in [3.8, 4) is 0 Å². The van der Waals surface area contributed by atoms with Gasteiger partial charge in [0.15, 0.2) is 0 Å². The first-order chi connectivity index (χ1) is 17.3. The first-order valence-electron chi connectivity index (χ1n) is 11.6. The van der Waals surface area contributed by atoms with Crippen LogP contribution < -0.4 is 5.73 Å². The molecule has 3 aromatic carbocycles. The fourth-order valence-corrected chi connectivity index (χ4v) is 5.65. The molecular formula is C28H30ClNO6S. The summed E-state index contributed by atoms with van der Waals surface area (Å²) in [6.07, 6.45) is -0.171. The molecule has 3 aromatic rings. The van der Waals surface area contributed by atoms with Gasteiger partial charge in [0.1, 0.15) is 12.9 Å². The third kappa shape index (κ3) is 6.39. The highest BCUT2D eigenvalue weighted by molar-refractivity contribution is 7.91. The predicted molar refractivity (Wildman–Crippen MR) is 141 cm³/mol. The zero-order valence-corrected chi connectivity index (χ0v) is 22.4. The Morgan fingerprint density at radius 2 is 1.59 bits per heavy atom. The Bertz CT molecular complexity index is 1370. The monoisotopic (exact) mass is 543 g/mol. The molecule has 3 rings (SSSR count). The van der Waals surface area contributed by atoms with Crippen LogP contribution in [0.25, 0.3) is 0 Å². The lowest BCUT2D eigenvalue weighted by Gasteiger charge is -2.43. The van der Waals surface area contributed by atoms with Gasteiger partial charge in [-0.05, 0) is 59.4 Å². The van der Waals surface area contributed by atoms with Crippen LogP contribution in [0.15, 0.2) is 82.6 Å².